The van der Waals surface area contributed by atoms with Crippen molar-refractivity contribution < 1.29 is 18.7 Å². The topological polar surface area (TPSA) is 79.5 Å². The van der Waals surface area contributed by atoms with E-state index in [0.29, 0.717) is 11.4 Å². The van der Waals surface area contributed by atoms with Gasteiger partial charge >= 0.3 is 6.03 Å². The highest BCUT2D eigenvalue weighted by molar-refractivity contribution is 5.95. The van der Waals surface area contributed by atoms with Crippen molar-refractivity contribution in [1.29, 1.82) is 0 Å². The first-order valence-corrected chi connectivity index (χ1v) is 8.59. The lowest BCUT2D eigenvalue weighted by atomic mass is 9.80. The molecule has 2 aromatic rings. The Hall–Kier alpha value is -3.09. The van der Waals surface area contributed by atoms with Crippen LogP contribution < -0.4 is 20.7 Å². The summed E-state index contributed by atoms with van der Waals surface area (Å²) in [6.45, 7) is 3.83. The number of urea groups is 1. The average Bonchev–Trinajstić information content (AvgIpc) is 2.85. The quantitative estimate of drug-likeness (QED) is 0.773. The van der Waals surface area contributed by atoms with Gasteiger partial charge in [-0.3, -0.25) is 4.79 Å². The number of carbonyl (C=O) groups excluding carboxylic acids is 2. The maximum Gasteiger partial charge on any atom is 0.319 e. The fourth-order valence-electron chi connectivity index (χ4n) is 3.45. The minimum Gasteiger partial charge on any atom is -0.497 e. The molecule has 2 unspecified atom stereocenters. The predicted molar refractivity (Wildman–Crippen MR) is 100 cm³/mol. The summed E-state index contributed by atoms with van der Waals surface area (Å²) in [7, 11) is 1.59. The Morgan fingerprint density at radius 1 is 1.11 bits per heavy atom. The Morgan fingerprint density at radius 2 is 1.74 bits per heavy atom. The zero-order chi connectivity index (χ0) is 19.6. The van der Waals surface area contributed by atoms with Crippen LogP contribution in [0.2, 0.25) is 0 Å². The molecule has 1 saturated heterocycles. The van der Waals surface area contributed by atoms with Gasteiger partial charge in [-0.15, -0.1) is 0 Å². The van der Waals surface area contributed by atoms with Gasteiger partial charge in [-0.05, 0) is 55.8 Å². The fraction of sp³-hybridized carbons (Fsp3) is 0.300. The second kappa shape index (κ2) is 7.26. The van der Waals surface area contributed by atoms with E-state index in [1.807, 2.05) is 38.1 Å². The molecule has 1 heterocycles. The number of anilines is 1. The van der Waals surface area contributed by atoms with E-state index in [0.717, 1.165) is 5.56 Å². The first-order valence-electron chi connectivity index (χ1n) is 8.59. The van der Waals surface area contributed by atoms with Crippen molar-refractivity contribution in [3.05, 3.63) is 59.9 Å². The summed E-state index contributed by atoms with van der Waals surface area (Å²) < 4.78 is 18.2. The van der Waals surface area contributed by atoms with E-state index >= 15 is 0 Å². The Morgan fingerprint density at radius 3 is 2.33 bits per heavy atom. The molecule has 1 fully saturated rings. The lowest BCUT2D eigenvalue weighted by molar-refractivity contribution is -0.121. The Bertz CT molecular complexity index is 835. The van der Waals surface area contributed by atoms with Crippen LogP contribution in [0.3, 0.4) is 0 Å². The molecule has 3 amide bonds. The van der Waals surface area contributed by atoms with Gasteiger partial charge in [-0.25, -0.2) is 9.18 Å². The molecule has 2 atom stereocenters. The molecular weight excluding hydrogens is 349 g/mol. The molecule has 1 aliphatic rings. The lowest BCUT2D eigenvalue weighted by Gasteiger charge is -2.29. The van der Waals surface area contributed by atoms with E-state index in [2.05, 4.69) is 16.0 Å². The first-order chi connectivity index (χ1) is 12.8. The van der Waals surface area contributed by atoms with Gasteiger partial charge < -0.3 is 20.7 Å². The van der Waals surface area contributed by atoms with Crippen LogP contribution in [0, 0.1) is 5.82 Å². The van der Waals surface area contributed by atoms with Gasteiger partial charge in [0.1, 0.15) is 17.6 Å². The third kappa shape index (κ3) is 4.02. The van der Waals surface area contributed by atoms with Gasteiger partial charge in [0.15, 0.2) is 0 Å². The van der Waals surface area contributed by atoms with Gasteiger partial charge in [0, 0.05) is 17.1 Å². The summed E-state index contributed by atoms with van der Waals surface area (Å²) in [5, 5.41) is 8.29. The average molecular weight is 371 g/mol. The van der Waals surface area contributed by atoms with E-state index in [1.165, 1.54) is 24.3 Å². The largest absolute Gasteiger partial charge is 0.497 e. The second-order valence-electron chi connectivity index (χ2n) is 7.04. The van der Waals surface area contributed by atoms with Crippen LogP contribution >= 0.6 is 0 Å². The number of hydrogen-bond acceptors (Lipinski definition) is 3. The van der Waals surface area contributed by atoms with Crippen molar-refractivity contribution in [1.82, 2.24) is 10.6 Å². The van der Waals surface area contributed by atoms with Gasteiger partial charge in [-0.1, -0.05) is 12.1 Å². The van der Waals surface area contributed by atoms with E-state index in [1.54, 1.807) is 7.11 Å². The molecule has 0 aliphatic carbocycles. The predicted octanol–water partition coefficient (Wildman–Crippen LogP) is 3.02. The van der Waals surface area contributed by atoms with Crippen LogP contribution in [0.5, 0.6) is 5.75 Å². The molecule has 0 radical (unpaired) electrons. The normalized spacial score (nSPS) is 20.7. The minimum atomic E-state index is -0.742. The SMILES string of the molecule is COc1ccc(C2C(NC(=O)Nc3ccc(F)cc3)C(=O)NC2(C)C)cc1. The number of halogens is 1. The van der Waals surface area contributed by atoms with Gasteiger partial charge in [0.05, 0.1) is 7.11 Å². The van der Waals surface area contributed by atoms with Crippen LogP contribution in [-0.4, -0.2) is 30.6 Å². The highest BCUT2D eigenvalue weighted by atomic mass is 19.1. The number of methoxy groups -OCH3 is 1. The molecule has 0 saturated carbocycles. The van der Waals surface area contributed by atoms with Gasteiger partial charge in [0.25, 0.3) is 0 Å². The van der Waals surface area contributed by atoms with E-state index < -0.39 is 23.4 Å². The van der Waals surface area contributed by atoms with Crippen molar-refractivity contribution in [2.45, 2.75) is 31.3 Å². The molecule has 7 heteroatoms. The maximum absolute atomic E-state index is 13.0. The lowest BCUT2D eigenvalue weighted by Crippen LogP contribution is -2.45. The minimum absolute atomic E-state index is 0.255. The van der Waals surface area contributed by atoms with Crippen molar-refractivity contribution in [3.63, 3.8) is 0 Å². The van der Waals surface area contributed by atoms with Crippen LogP contribution in [-0.2, 0) is 4.79 Å². The molecule has 0 spiro atoms. The zero-order valence-corrected chi connectivity index (χ0v) is 15.4. The van der Waals surface area contributed by atoms with Gasteiger partial charge in [0.2, 0.25) is 5.91 Å². The number of ether oxygens (including phenoxy) is 1. The Balaban J connectivity index is 1.79. The van der Waals surface area contributed by atoms with Crippen LogP contribution in [0.4, 0.5) is 14.9 Å². The number of rotatable bonds is 4. The molecule has 142 valence electrons. The number of benzene rings is 2. The standard InChI is InChI=1S/C20H22FN3O3/c1-20(2)16(12-4-10-15(27-3)11-5-12)17(18(25)24-20)23-19(26)22-14-8-6-13(21)7-9-14/h4-11,16-17H,1-3H3,(H,24,25)(H2,22,23,26). The number of amides is 3. The second-order valence-corrected chi connectivity index (χ2v) is 7.04. The summed E-state index contributed by atoms with van der Waals surface area (Å²) in [6, 6.07) is 11.6. The van der Waals surface area contributed by atoms with E-state index in [-0.39, 0.29) is 11.8 Å². The van der Waals surface area contributed by atoms with Crippen molar-refractivity contribution in [3.8, 4) is 5.75 Å². The summed E-state index contributed by atoms with van der Waals surface area (Å²) in [5.41, 5.74) is 0.804. The summed E-state index contributed by atoms with van der Waals surface area (Å²) in [5.74, 6) is -0.199. The molecule has 0 bridgehead atoms. The fourth-order valence-corrected chi connectivity index (χ4v) is 3.45. The summed E-state index contributed by atoms with van der Waals surface area (Å²) >= 11 is 0. The molecule has 1 aliphatic heterocycles. The van der Waals surface area contributed by atoms with Crippen molar-refractivity contribution in [2.75, 3.05) is 12.4 Å². The Kier molecular flexibility index (Phi) is 5.03. The Labute approximate surface area is 157 Å². The maximum atomic E-state index is 13.0. The molecule has 2 aromatic carbocycles. The molecular formula is C20H22FN3O3. The number of carbonyl (C=O) groups is 2. The monoisotopic (exact) mass is 371 g/mol. The molecule has 3 rings (SSSR count). The van der Waals surface area contributed by atoms with Crippen molar-refractivity contribution >= 4 is 17.6 Å². The van der Waals surface area contributed by atoms with Crippen molar-refractivity contribution in [2.24, 2.45) is 0 Å². The molecule has 6 nitrogen and oxygen atoms in total. The number of hydrogen-bond donors (Lipinski definition) is 3. The summed E-state index contributed by atoms with van der Waals surface area (Å²) in [4.78, 5) is 24.9. The third-order valence-electron chi connectivity index (χ3n) is 4.70. The van der Waals surface area contributed by atoms with E-state index in [9.17, 15) is 14.0 Å². The number of nitrogens with one attached hydrogen (secondary N) is 3. The zero-order valence-electron chi connectivity index (χ0n) is 15.4. The van der Waals surface area contributed by atoms with Crippen LogP contribution in [0.25, 0.3) is 0 Å². The van der Waals surface area contributed by atoms with Gasteiger partial charge in [-0.2, -0.15) is 0 Å². The molecule has 3 N–H and O–H groups in total. The highest BCUT2D eigenvalue weighted by Crippen LogP contribution is 2.37. The van der Waals surface area contributed by atoms with Crippen LogP contribution in [0.1, 0.15) is 25.3 Å². The highest BCUT2D eigenvalue weighted by Gasteiger charge is 2.48. The summed E-state index contributed by atoms with van der Waals surface area (Å²) in [6.07, 6.45) is 0. The molecule has 0 aromatic heterocycles. The smallest absolute Gasteiger partial charge is 0.319 e. The molecule has 27 heavy (non-hydrogen) atoms. The third-order valence-corrected chi connectivity index (χ3v) is 4.70. The van der Waals surface area contributed by atoms with E-state index in [4.69, 9.17) is 4.74 Å². The van der Waals surface area contributed by atoms with Crippen LogP contribution in [0.15, 0.2) is 48.5 Å². The first kappa shape index (κ1) is 18.7.